The minimum Gasteiger partial charge on any atom is -0.496 e. The van der Waals surface area contributed by atoms with Gasteiger partial charge in [0.25, 0.3) is 0 Å². The van der Waals surface area contributed by atoms with Crippen LogP contribution in [0.4, 0.5) is 5.95 Å². The predicted octanol–water partition coefficient (Wildman–Crippen LogP) is 5.45. The van der Waals surface area contributed by atoms with E-state index in [-0.39, 0.29) is 61.9 Å². The van der Waals surface area contributed by atoms with E-state index in [0.717, 1.165) is 0 Å². The average molecular weight is 637 g/mol. The number of furan rings is 1. The molecule has 0 amide bonds. The van der Waals surface area contributed by atoms with Crippen LogP contribution in [0.1, 0.15) is 45.9 Å². The molecule has 1 aliphatic carbocycles. The number of aromatic nitrogens is 3. The normalized spacial score (nSPS) is 21.8. The van der Waals surface area contributed by atoms with Crippen molar-refractivity contribution in [3.8, 4) is 28.6 Å². The van der Waals surface area contributed by atoms with Crippen LogP contribution in [0.3, 0.4) is 0 Å². The van der Waals surface area contributed by atoms with Crippen LogP contribution in [-0.2, 0) is 4.79 Å². The Balaban J connectivity index is 1.36. The van der Waals surface area contributed by atoms with Gasteiger partial charge >= 0.3 is 5.97 Å². The first-order valence-corrected chi connectivity index (χ1v) is 14.1. The first-order chi connectivity index (χ1) is 21.1. The summed E-state index contributed by atoms with van der Waals surface area (Å²) in [6, 6.07) is 8.04. The molecule has 12 nitrogen and oxygen atoms in total. The fourth-order valence-corrected chi connectivity index (χ4v) is 6.62. The molecule has 0 saturated carbocycles. The maximum absolute atomic E-state index is 14.8. The Morgan fingerprint density at radius 1 is 1.11 bits per heavy atom. The van der Waals surface area contributed by atoms with Gasteiger partial charge in [0.05, 0.1) is 30.4 Å². The highest BCUT2D eigenvalue weighted by atomic mass is 35.5. The lowest BCUT2D eigenvalue weighted by Gasteiger charge is -2.41. The van der Waals surface area contributed by atoms with Crippen LogP contribution < -0.4 is 19.5 Å². The van der Waals surface area contributed by atoms with Crippen molar-refractivity contribution in [2.24, 2.45) is 5.92 Å². The molecule has 3 atom stereocenters. The fourth-order valence-electron chi connectivity index (χ4n) is 6.14. The van der Waals surface area contributed by atoms with Gasteiger partial charge in [-0.2, -0.15) is 10.1 Å². The van der Waals surface area contributed by atoms with Crippen LogP contribution in [0.2, 0.25) is 10.0 Å². The zero-order valence-corrected chi connectivity index (χ0v) is 24.8. The number of hydrogen-bond acceptors (Lipinski definition) is 10. The molecule has 2 aromatic carbocycles. The smallest absolute Gasteiger partial charge is 0.335 e. The van der Waals surface area contributed by atoms with Gasteiger partial charge in [-0.1, -0.05) is 30.1 Å². The Morgan fingerprint density at radius 3 is 2.61 bits per heavy atom. The number of carboxylic acids is 1. The number of carboxylic acid groups (broad SMARTS) is 1. The van der Waals surface area contributed by atoms with E-state index in [2.05, 4.69) is 15.4 Å². The molecule has 2 aromatic heterocycles. The number of fused-ring (bicyclic) bond motifs is 2. The summed E-state index contributed by atoms with van der Waals surface area (Å²) in [4.78, 5) is 44.9. The summed E-state index contributed by atoms with van der Waals surface area (Å²) in [5.41, 5.74) is -0.816. The molecule has 1 spiro atoms. The number of benzene rings is 2. The summed E-state index contributed by atoms with van der Waals surface area (Å²) in [6.45, 7) is 1.75. The van der Waals surface area contributed by atoms with Crippen LogP contribution in [-0.4, -0.2) is 57.2 Å². The maximum atomic E-state index is 14.8. The lowest BCUT2D eigenvalue weighted by molar-refractivity contribution is -0.131. The van der Waals surface area contributed by atoms with Crippen LogP contribution in [0.25, 0.3) is 11.3 Å². The van der Waals surface area contributed by atoms with Crippen LogP contribution >= 0.6 is 23.2 Å². The molecule has 3 aliphatic rings. The minimum absolute atomic E-state index is 0.00659. The molecule has 0 bridgehead atoms. The van der Waals surface area contributed by atoms with Gasteiger partial charge in [-0.05, 0) is 36.8 Å². The van der Waals surface area contributed by atoms with Gasteiger partial charge in [0.15, 0.2) is 5.75 Å². The second kappa shape index (κ2) is 9.86. The van der Waals surface area contributed by atoms with Crippen molar-refractivity contribution >= 4 is 46.7 Å². The molecule has 14 heteroatoms. The van der Waals surface area contributed by atoms with E-state index in [1.165, 1.54) is 49.5 Å². The van der Waals surface area contributed by atoms with E-state index in [4.69, 9.17) is 41.8 Å². The second-order valence-corrected chi connectivity index (χ2v) is 11.3. The van der Waals surface area contributed by atoms with Gasteiger partial charge < -0.3 is 29.1 Å². The first-order valence-electron chi connectivity index (χ1n) is 13.4. The Kier molecular flexibility index (Phi) is 6.27. The molecular weight excluding hydrogens is 615 g/mol. The number of nitrogens with zero attached hydrogens (tertiary/aromatic N) is 3. The number of ketones is 2. The molecule has 4 heterocycles. The van der Waals surface area contributed by atoms with Gasteiger partial charge in [0.1, 0.15) is 46.0 Å². The number of Topliss-reactive ketones (excluding diaryl/α,β-unsaturated/α-hetero) is 2. The van der Waals surface area contributed by atoms with Crippen LogP contribution in [0, 0.1) is 5.92 Å². The summed E-state index contributed by atoms with van der Waals surface area (Å²) in [6.07, 6.45) is 1.57. The highest BCUT2D eigenvalue weighted by molar-refractivity contribution is 6.36. The van der Waals surface area contributed by atoms with E-state index in [9.17, 15) is 19.5 Å². The number of carbonyl (C=O) groups is 3. The topological polar surface area (TPSA) is 155 Å². The SMILES string of the molecule is COc1cc(OC)c2c(c1Cl)O[C@@]1(C(=O)C3=C(C[C@H]1C)Nc1ncnn1C3c1ccc(-c3cc(C(=O)O)ccc3Cl)o1)C2=O. The number of carbonyl (C=O) groups excluding carboxylic acids is 2. The second-order valence-electron chi connectivity index (χ2n) is 10.6. The zero-order valence-electron chi connectivity index (χ0n) is 23.3. The van der Waals surface area contributed by atoms with Crippen molar-refractivity contribution in [2.75, 3.05) is 19.5 Å². The summed E-state index contributed by atoms with van der Waals surface area (Å²) >= 11 is 13.0. The molecule has 0 radical (unpaired) electrons. The molecular formula is C30H22Cl2N4O8. The van der Waals surface area contributed by atoms with Crippen LogP contribution in [0.5, 0.6) is 17.2 Å². The third-order valence-electron chi connectivity index (χ3n) is 8.26. The molecule has 7 rings (SSSR count). The largest absolute Gasteiger partial charge is 0.496 e. The number of aromatic carboxylic acids is 1. The van der Waals surface area contributed by atoms with Gasteiger partial charge in [-0.3, -0.25) is 9.59 Å². The lowest BCUT2D eigenvalue weighted by Crippen LogP contribution is -2.58. The molecule has 4 aromatic rings. The molecule has 1 unspecified atom stereocenters. The summed E-state index contributed by atoms with van der Waals surface area (Å²) in [7, 11) is 2.82. The summed E-state index contributed by atoms with van der Waals surface area (Å²) in [5, 5.41) is 17.3. The van der Waals surface area contributed by atoms with Gasteiger partial charge in [-0.15, -0.1) is 0 Å². The number of halogens is 2. The standard InChI is InChI=1S/C30H22Cl2N4O8/c1-12-8-16-21(26(37)30(12)27(38)22-19(41-2)10-20(42-3)23(32)25(22)44-30)24(36-29(35-16)33-11-34-36)18-7-6-17(43-18)14-9-13(28(39)40)4-5-15(14)31/h4-7,9-12,24H,8H2,1-3H3,(H,39,40)(H,33,34,35)/t12-,24?,30+/m1/s1. The van der Waals surface area contributed by atoms with Crippen molar-refractivity contribution in [3.05, 3.63) is 80.9 Å². The number of rotatable bonds is 5. The third kappa shape index (κ3) is 3.74. The summed E-state index contributed by atoms with van der Waals surface area (Å²) in [5.74, 6) is -1.65. The highest BCUT2D eigenvalue weighted by Crippen LogP contribution is 2.55. The zero-order chi connectivity index (χ0) is 31.1. The van der Waals surface area contributed by atoms with Crippen molar-refractivity contribution in [2.45, 2.75) is 25.0 Å². The average Bonchev–Trinajstić information content (AvgIpc) is 3.75. The van der Waals surface area contributed by atoms with E-state index in [1.807, 2.05) is 0 Å². The van der Waals surface area contributed by atoms with Crippen molar-refractivity contribution in [1.29, 1.82) is 0 Å². The van der Waals surface area contributed by atoms with Gasteiger partial charge in [0.2, 0.25) is 23.1 Å². The van der Waals surface area contributed by atoms with Crippen molar-refractivity contribution < 1.29 is 38.1 Å². The quantitative estimate of drug-likeness (QED) is 0.268. The Bertz CT molecular complexity index is 1960. The van der Waals surface area contributed by atoms with Crippen LogP contribution in [0.15, 0.2) is 58.4 Å². The Hall–Kier alpha value is -4.81. The van der Waals surface area contributed by atoms with Gasteiger partial charge in [-0.25, -0.2) is 9.48 Å². The first kappa shape index (κ1) is 28.0. The van der Waals surface area contributed by atoms with E-state index >= 15 is 0 Å². The van der Waals surface area contributed by atoms with Gasteiger partial charge in [0, 0.05) is 23.2 Å². The number of nitrogens with one attached hydrogen (secondary N) is 1. The molecule has 0 fully saturated rings. The minimum atomic E-state index is -1.96. The number of hydrogen-bond donors (Lipinski definition) is 2. The fraction of sp³-hybridized carbons (Fsp3) is 0.233. The maximum Gasteiger partial charge on any atom is 0.335 e. The number of ether oxygens (including phenoxy) is 3. The molecule has 0 saturated heterocycles. The Morgan fingerprint density at radius 2 is 1.89 bits per heavy atom. The summed E-state index contributed by atoms with van der Waals surface area (Å²) < 4.78 is 24.9. The predicted molar refractivity (Wildman–Crippen MR) is 156 cm³/mol. The number of allylic oxidation sites excluding steroid dienone is 1. The van der Waals surface area contributed by atoms with E-state index < -0.39 is 35.1 Å². The molecule has 224 valence electrons. The highest BCUT2D eigenvalue weighted by Gasteiger charge is 2.64. The monoisotopic (exact) mass is 636 g/mol. The van der Waals surface area contributed by atoms with Crippen molar-refractivity contribution in [3.63, 3.8) is 0 Å². The number of anilines is 1. The Labute approximate surface area is 259 Å². The molecule has 44 heavy (non-hydrogen) atoms. The molecule has 2 aliphatic heterocycles. The third-order valence-corrected chi connectivity index (χ3v) is 8.95. The van der Waals surface area contributed by atoms with E-state index in [0.29, 0.717) is 17.2 Å². The van der Waals surface area contributed by atoms with E-state index in [1.54, 1.807) is 19.1 Å². The molecule has 2 N–H and O–H groups in total. The lowest BCUT2D eigenvalue weighted by atomic mass is 9.69. The number of methoxy groups -OCH3 is 2. The van der Waals surface area contributed by atoms with Crippen molar-refractivity contribution in [1.82, 2.24) is 14.8 Å².